The van der Waals surface area contributed by atoms with Gasteiger partial charge in [-0.25, -0.2) is 0 Å². The molecule has 0 aliphatic carbocycles. The summed E-state index contributed by atoms with van der Waals surface area (Å²) in [5.41, 5.74) is 2.56. The molecular formula is C12H22N4. The van der Waals surface area contributed by atoms with Crippen LogP contribution in [0.1, 0.15) is 31.0 Å². The first-order valence-corrected chi connectivity index (χ1v) is 6.25. The molecule has 0 bridgehead atoms. The molecule has 16 heavy (non-hydrogen) atoms. The number of hydrogen-bond donors (Lipinski definition) is 2. The molecule has 2 rings (SSSR count). The summed E-state index contributed by atoms with van der Waals surface area (Å²) >= 11 is 0. The van der Waals surface area contributed by atoms with Crippen molar-refractivity contribution in [1.82, 2.24) is 20.4 Å². The number of hydrogen-bond acceptors (Lipinski definition) is 3. The zero-order chi connectivity index (χ0) is 11.4. The van der Waals surface area contributed by atoms with Gasteiger partial charge < -0.3 is 10.6 Å². The molecule has 2 heterocycles. The van der Waals surface area contributed by atoms with E-state index in [0.29, 0.717) is 6.04 Å². The molecule has 0 amide bonds. The van der Waals surface area contributed by atoms with Gasteiger partial charge in [0.1, 0.15) is 0 Å². The van der Waals surface area contributed by atoms with Crippen LogP contribution >= 0.6 is 0 Å². The zero-order valence-electron chi connectivity index (χ0n) is 10.3. The lowest BCUT2D eigenvalue weighted by Crippen LogP contribution is -2.42. The van der Waals surface area contributed by atoms with E-state index in [4.69, 9.17) is 0 Å². The first-order valence-electron chi connectivity index (χ1n) is 6.25. The zero-order valence-corrected chi connectivity index (χ0v) is 10.3. The fraction of sp³-hybridized carbons (Fsp3) is 0.750. The van der Waals surface area contributed by atoms with Crippen molar-refractivity contribution in [3.63, 3.8) is 0 Å². The second-order valence-corrected chi connectivity index (χ2v) is 4.55. The fourth-order valence-electron chi connectivity index (χ4n) is 2.31. The van der Waals surface area contributed by atoms with Crippen molar-refractivity contribution < 1.29 is 0 Å². The molecule has 1 aromatic rings. The van der Waals surface area contributed by atoms with E-state index in [1.807, 2.05) is 11.7 Å². The quantitative estimate of drug-likeness (QED) is 0.792. The minimum absolute atomic E-state index is 0.624. The molecule has 0 radical (unpaired) electrons. The van der Waals surface area contributed by atoms with Gasteiger partial charge >= 0.3 is 0 Å². The largest absolute Gasteiger partial charge is 0.315 e. The SMILES string of the molecule is CCc1nn(C)cc1CNC1CCCNC1. The number of aryl methyl sites for hydroxylation is 2. The second-order valence-electron chi connectivity index (χ2n) is 4.55. The average molecular weight is 222 g/mol. The molecule has 4 nitrogen and oxygen atoms in total. The van der Waals surface area contributed by atoms with Crippen molar-refractivity contribution in [1.29, 1.82) is 0 Å². The third-order valence-electron chi connectivity index (χ3n) is 3.20. The van der Waals surface area contributed by atoms with Crippen LogP contribution in [-0.2, 0) is 20.0 Å². The summed E-state index contributed by atoms with van der Waals surface area (Å²) in [5, 5.41) is 11.5. The first-order chi connectivity index (χ1) is 7.79. The van der Waals surface area contributed by atoms with Gasteiger partial charge in [-0.2, -0.15) is 5.10 Å². The molecular weight excluding hydrogens is 200 g/mol. The summed E-state index contributed by atoms with van der Waals surface area (Å²) in [7, 11) is 1.99. The maximum atomic E-state index is 4.45. The Labute approximate surface area is 97.4 Å². The second kappa shape index (κ2) is 5.46. The Hall–Kier alpha value is -0.870. The van der Waals surface area contributed by atoms with E-state index in [1.54, 1.807) is 0 Å². The van der Waals surface area contributed by atoms with E-state index in [-0.39, 0.29) is 0 Å². The van der Waals surface area contributed by atoms with Gasteiger partial charge in [0, 0.05) is 37.9 Å². The number of rotatable bonds is 4. The Morgan fingerprint density at radius 3 is 3.19 bits per heavy atom. The summed E-state index contributed by atoms with van der Waals surface area (Å²) in [6, 6.07) is 0.624. The molecule has 1 aliphatic rings. The van der Waals surface area contributed by atoms with E-state index in [0.717, 1.165) is 19.5 Å². The summed E-state index contributed by atoms with van der Waals surface area (Å²) in [5.74, 6) is 0. The van der Waals surface area contributed by atoms with Gasteiger partial charge in [-0.3, -0.25) is 4.68 Å². The van der Waals surface area contributed by atoms with Gasteiger partial charge in [0.25, 0.3) is 0 Å². The summed E-state index contributed by atoms with van der Waals surface area (Å²) in [6.45, 7) is 5.38. The lowest BCUT2D eigenvalue weighted by molar-refractivity contribution is 0.388. The van der Waals surface area contributed by atoms with Crippen LogP contribution in [0.15, 0.2) is 6.20 Å². The van der Waals surface area contributed by atoms with E-state index >= 15 is 0 Å². The summed E-state index contributed by atoms with van der Waals surface area (Å²) in [4.78, 5) is 0. The molecule has 1 unspecified atom stereocenters. The van der Waals surface area contributed by atoms with E-state index in [2.05, 4.69) is 28.9 Å². The van der Waals surface area contributed by atoms with E-state index in [1.165, 1.54) is 30.6 Å². The van der Waals surface area contributed by atoms with Crippen LogP contribution in [0.5, 0.6) is 0 Å². The van der Waals surface area contributed by atoms with Crippen molar-refractivity contribution in [2.75, 3.05) is 13.1 Å². The smallest absolute Gasteiger partial charge is 0.0666 e. The predicted molar refractivity (Wildman–Crippen MR) is 65.3 cm³/mol. The molecule has 0 saturated carbocycles. The minimum Gasteiger partial charge on any atom is -0.315 e. The molecule has 0 aromatic carbocycles. The fourth-order valence-corrected chi connectivity index (χ4v) is 2.31. The van der Waals surface area contributed by atoms with Crippen LogP contribution in [-0.4, -0.2) is 28.9 Å². The summed E-state index contributed by atoms with van der Waals surface area (Å²) in [6.07, 6.45) is 5.71. The highest BCUT2D eigenvalue weighted by Crippen LogP contribution is 2.08. The maximum absolute atomic E-state index is 4.45. The lowest BCUT2D eigenvalue weighted by Gasteiger charge is -2.23. The number of nitrogens with one attached hydrogen (secondary N) is 2. The molecule has 2 N–H and O–H groups in total. The monoisotopic (exact) mass is 222 g/mol. The van der Waals surface area contributed by atoms with Gasteiger partial charge in [0.2, 0.25) is 0 Å². The van der Waals surface area contributed by atoms with Gasteiger partial charge in [0.05, 0.1) is 5.69 Å². The number of aromatic nitrogens is 2. The van der Waals surface area contributed by atoms with E-state index < -0.39 is 0 Å². The van der Waals surface area contributed by atoms with Gasteiger partial charge in [0.15, 0.2) is 0 Å². The van der Waals surface area contributed by atoms with Crippen LogP contribution in [0.3, 0.4) is 0 Å². The van der Waals surface area contributed by atoms with Crippen LogP contribution < -0.4 is 10.6 Å². The van der Waals surface area contributed by atoms with Gasteiger partial charge in [-0.05, 0) is 25.8 Å². The van der Waals surface area contributed by atoms with Crippen molar-refractivity contribution in [3.8, 4) is 0 Å². The number of nitrogens with zero attached hydrogens (tertiary/aromatic N) is 2. The number of piperidine rings is 1. The van der Waals surface area contributed by atoms with Crippen LogP contribution in [0.4, 0.5) is 0 Å². The molecule has 1 aromatic heterocycles. The minimum atomic E-state index is 0.624. The maximum Gasteiger partial charge on any atom is 0.0666 e. The molecule has 1 saturated heterocycles. The molecule has 1 fully saturated rings. The highest BCUT2D eigenvalue weighted by Gasteiger charge is 2.13. The van der Waals surface area contributed by atoms with Gasteiger partial charge in [-0.1, -0.05) is 6.92 Å². The molecule has 4 heteroatoms. The predicted octanol–water partition coefficient (Wildman–Crippen LogP) is 0.824. The molecule has 0 spiro atoms. The van der Waals surface area contributed by atoms with Crippen molar-refractivity contribution in [2.24, 2.45) is 7.05 Å². The van der Waals surface area contributed by atoms with Crippen LogP contribution in [0, 0.1) is 0 Å². The lowest BCUT2D eigenvalue weighted by atomic mass is 10.1. The Morgan fingerprint density at radius 1 is 1.62 bits per heavy atom. The average Bonchev–Trinajstić information content (AvgIpc) is 2.68. The molecule has 90 valence electrons. The first kappa shape index (κ1) is 11.6. The van der Waals surface area contributed by atoms with Crippen LogP contribution in [0.2, 0.25) is 0 Å². The third-order valence-corrected chi connectivity index (χ3v) is 3.20. The highest BCUT2D eigenvalue weighted by molar-refractivity contribution is 5.16. The van der Waals surface area contributed by atoms with Crippen LogP contribution in [0.25, 0.3) is 0 Å². The van der Waals surface area contributed by atoms with Crippen molar-refractivity contribution in [3.05, 3.63) is 17.5 Å². The molecule has 1 aliphatic heterocycles. The normalized spacial score (nSPS) is 21.2. The Balaban J connectivity index is 1.87. The standard InChI is InChI=1S/C12H22N4/c1-3-12-10(9-16(2)15-12)7-14-11-5-4-6-13-8-11/h9,11,13-14H,3-8H2,1-2H3. The Bertz CT molecular complexity index is 326. The molecule has 1 atom stereocenters. The topological polar surface area (TPSA) is 41.9 Å². The van der Waals surface area contributed by atoms with Gasteiger partial charge in [-0.15, -0.1) is 0 Å². The summed E-state index contributed by atoms with van der Waals surface area (Å²) < 4.78 is 1.91. The van der Waals surface area contributed by atoms with E-state index in [9.17, 15) is 0 Å². The third kappa shape index (κ3) is 2.83. The van der Waals surface area contributed by atoms with Crippen molar-refractivity contribution in [2.45, 2.75) is 38.8 Å². The van der Waals surface area contributed by atoms with Crippen molar-refractivity contribution >= 4 is 0 Å². The Kier molecular flexibility index (Phi) is 3.96. The highest BCUT2D eigenvalue weighted by atomic mass is 15.3. The Morgan fingerprint density at radius 2 is 2.50 bits per heavy atom.